The fourth-order valence-electron chi connectivity index (χ4n) is 3.33. The van der Waals surface area contributed by atoms with Gasteiger partial charge in [-0.3, -0.25) is 4.90 Å². The SMILES string of the molecule is Cc1cc(CN2CCN(CC(C)c3ccc(C(F)(F)F)cc3)CC2)on1. The molecule has 1 aromatic carbocycles. The van der Waals surface area contributed by atoms with E-state index in [9.17, 15) is 13.2 Å². The van der Waals surface area contributed by atoms with E-state index in [1.807, 2.05) is 13.0 Å². The lowest BCUT2D eigenvalue weighted by Gasteiger charge is -2.35. The lowest BCUT2D eigenvalue weighted by Crippen LogP contribution is -2.46. The van der Waals surface area contributed by atoms with Gasteiger partial charge in [0.2, 0.25) is 0 Å². The molecule has 1 aliphatic rings. The predicted octanol–water partition coefficient (Wildman–Crippen LogP) is 3.92. The highest BCUT2D eigenvalue weighted by molar-refractivity contribution is 5.27. The minimum absolute atomic E-state index is 0.195. The number of piperazine rings is 1. The molecule has 142 valence electrons. The maximum Gasteiger partial charge on any atom is 0.416 e. The first-order valence-corrected chi connectivity index (χ1v) is 8.85. The fourth-order valence-corrected chi connectivity index (χ4v) is 3.33. The molecular weight excluding hydrogens is 343 g/mol. The van der Waals surface area contributed by atoms with Crippen LogP contribution in [-0.2, 0) is 12.7 Å². The number of halogens is 3. The normalized spacial score (nSPS) is 18.2. The number of rotatable bonds is 5. The fraction of sp³-hybridized carbons (Fsp3) is 0.526. The molecule has 0 radical (unpaired) electrons. The van der Waals surface area contributed by atoms with Gasteiger partial charge in [-0.25, -0.2) is 0 Å². The summed E-state index contributed by atoms with van der Waals surface area (Å²) in [5.74, 6) is 1.08. The van der Waals surface area contributed by atoms with Crippen molar-refractivity contribution in [1.82, 2.24) is 15.0 Å². The van der Waals surface area contributed by atoms with Crippen LogP contribution in [-0.4, -0.2) is 47.7 Å². The average molecular weight is 367 g/mol. The van der Waals surface area contributed by atoms with Crippen LogP contribution in [0.2, 0.25) is 0 Å². The number of alkyl halides is 3. The van der Waals surface area contributed by atoms with Gasteiger partial charge in [0.05, 0.1) is 17.8 Å². The third-order valence-electron chi connectivity index (χ3n) is 4.86. The van der Waals surface area contributed by atoms with Crippen molar-refractivity contribution in [3.63, 3.8) is 0 Å². The minimum atomic E-state index is -4.28. The zero-order chi connectivity index (χ0) is 18.7. The lowest BCUT2D eigenvalue weighted by molar-refractivity contribution is -0.137. The van der Waals surface area contributed by atoms with Crippen molar-refractivity contribution in [2.45, 2.75) is 32.5 Å². The highest BCUT2D eigenvalue weighted by atomic mass is 19.4. The highest BCUT2D eigenvalue weighted by Gasteiger charge is 2.30. The third-order valence-corrected chi connectivity index (χ3v) is 4.86. The van der Waals surface area contributed by atoms with Crippen LogP contribution in [0, 0.1) is 6.92 Å². The van der Waals surface area contributed by atoms with Crippen LogP contribution >= 0.6 is 0 Å². The topological polar surface area (TPSA) is 32.5 Å². The number of benzene rings is 1. The summed E-state index contributed by atoms with van der Waals surface area (Å²) >= 11 is 0. The first kappa shape index (κ1) is 18.9. The van der Waals surface area contributed by atoms with Gasteiger partial charge >= 0.3 is 6.18 Å². The van der Waals surface area contributed by atoms with E-state index in [0.717, 1.165) is 56.3 Å². The van der Waals surface area contributed by atoms with Crippen molar-refractivity contribution in [2.24, 2.45) is 0 Å². The quantitative estimate of drug-likeness (QED) is 0.802. The molecule has 2 heterocycles. The second-order valence-electron chi connectivity index (χ2n) is 7.03. The molecule has 0 aliphatic carbocycles. The zero-order valence-electron chi connectivity index (χ0n) is 15.1. The van der Waals surface area contributed by atoms with E-state index in [-0.39, 0.29) is 5.92 Å². The molecule has 0 spiro atoms. The van der Waals surface area contributed by atoms with Crippen molar-refractivity contribution in [1.29, 1.82) is 0 Å². The molecule has 1 atom stereocenters. The Morgan fingerprint density at radius 1 is 1.08 bits per heavy atom. The Balaban J connectivity index is 1.48. The van der Waals surface area contributed by atoms with Crippen LogP contribution in [0.4, 0.5) is 13.2 Å². The zero-order valence-corrected chi connectivity index (χ0v) is 15.1. The van der Waals surface area contributed by atoms with Crippen LogP contribution in [0.1, 0.15) is 35.4 Å². The Hall–Kier alpha value is -1.86. The minimum Gasteiger partial charge on any atom is -0.360 e. The van der Waals surface area contributed by atoms with E-state index in [0.29, 0.717) is 0 Å². The molecule has 1 aliphatic heterocycles. The van der Waals surface area contributed by atoms with Crippen molar-refractivity contribution in [2.75, 3.05) is 32.7 Å². The van der Waals surface area contributed by atoms with Crippen LogP contribution in [0.25, 0.3) is 0 Å². The smallest absolute Gasteiger partial charge is 0.360 e. The maximum atomic E-state index is 12.7. The van der Waals surface area contributed by atoms with Crippen LogP contribution in [0.3, 0.4) is 0 Å². The molecule has 1 unspecified atom stereocenters. The summed E-state index contributed by atoms with van der Waals surface area (Å²) in [7, 11) is 0. The third kappa shape index (κ3) is 4.86. The van der Waals surface area contributed by atoms with Crippen LogP contribution < -0.4 is 0 Å². The predicted molar refractivity (Wildman–Crippen MR) is 92.8 cm³/mol. The Bertz CT molecular complexity index is 704. The van der Waals surface area contributed by atoms with Gasteiger partial charge in [-0.2, -0.15) is 13.2 Å². The van der Waals surface area contributed by atoms with E-state index >= 15 is 0 Å². The number of hydrogen-bond donors (Lipinski definition) is 0. The van der Waals surface area contributed by atoms with Gasteiger partial charge in [0, 0.05) is 38.8 Å². The molecule has 0 bridgehead atoms. The summed E-state index contributed by atoms with van der Waals surface area (Å²) in [6.07, 6.45) is -4.28. The molecule has 1 fully saturated rings. The molecule has 0 amide bonds. The molecule has 3 rings (SSSR count). The summed E-state index contributed by atoms with van der Waals surface area (Å²) < 4.78 is 43.3. The molecular formula is C19H24F3N3O. The van der Waals surface area contributed by atoms with E-state index < -0.39 is 11.7 Å². The van der Waals surface area contributed by atoms with Crippen LogP contribution in [0.5, 0.6) is 0 Å². The molecule has 26 heavy (non-hydrogen) atoms. The van der Waals surface area contributed by atoms with Gasteiger partial charge in [-0.1, -0.05) is 24.2 Å². The van der Waals surface area contributed by atoms with Gasteiger partial charge in [0.25, 0.3) is 0 Å². The summed E-state index contributed by atoms with van der Waals surface area (Å²) in [5.41, 5.74) is 1.24. The first-order valence-electron chi connectivity index (χ1n) is 8.85. The van der Waals surface area contributed by atoms with E-state index in [2.05, 4.69) is 21.9 Å². The number of aromatic nitrogens is 1. The Kier molecular flexibility index (Phi) is 5.67. The molecule has 0 saturated carbocycles. The van der Waals surface area contributed by atoms with E-state index in [1.165, 1.54) is 12.1 Å². The number of nitrogens with zero attached hydrogens (tertiary/aromatic N) is 3. The van der Waals surface area contributed by atoms with Crippen molar-refractivity contribution in [3.05, 3.63) is 52.9 Å². The summed E-state index contributed by atoms with van der Waals surface area (Å²) in [5, 5.41) is 3.91. The van der Waals surface area contributed by atoms with Gasteiger partial charge in [-0.05, 0) is 30.5 Å². The van der Waals surface area contributed by atoms with Gasteiger partial charge in [-0.15, -0.1) is 0 Å². The molecule has 2 aromatic rings. The molecule has 1 saturated heterocycles. The van der Waals surface area contributed by atoms with E-state index in [4.69, 9.17) is 4.52 Å². The largest absolute Gasteiger partial charge is 0.416 e. The first-order chi connectivity index (χ1) is 12.3. The second-order valence-corrected chi connectivity index (χ2v) is 7.03. The van der Waals surface area contributed by atoms with Gasteiger partial charge in [0.1, 0.15) is 0 Å². The lowest BCUT2D eigenvalue weighted by atomic mass is 9.99. The average Bonchev–Trinajstić information content (AvgIpc) is 3.01. The van der Waals surface area contributed by atoms with Gasteiger partial charge < -0.3 is 9.42 Å². The number of aryl methyl sites for hydroxylation is 1. The molecule has 0 N–H and O–H groups in total. The van der Waals surface area contributed by atoms with Crippen molar-refractivity contribution >= 4 is 0 Å². The Morgan fingerprint density at radius 3 is 2.23 bits per heavy atom. The number of hydrogen-bond acceptors (Lipinski definition) is 4. The standard InChI is InChI=1S/C19H24F3N3O/c1-14(16-3-5-17(6-4-16)19(20,21)22)12-24-7-9-25(10-8-24)13-18-11-15(2)23-26-18/h3-6,11,14H,7-10,12-13H2,1-2H3. The van der Waals surface area contributed by atoms with Crippen LogP contribution in [0.15, 0.2) is 34.9 Å². The second kappa shape index (κ2) is 7.80. The van der Waals surface area contributed by atoms with E-state index in [1.54, 1.807) is 12.1 Å². The highest BCUT2D eigenvalue weighted by Crippen LogP contribution is 2.30. The summed E-state index contributed by atoms with van der Waals surface area (Å²) in [6, 6.07) is 7.48. The van der Waals surface area contributed by atoms with Crippen molar-refractivity contribution < 1.29 is 17.7 Å². The molecule has 1 aromatic heterocycles. The maximum absolute atomic E-state index is 12.7. The molecule has 7 heteroatoms. The van der Waals surface area contributed by atoms with Crippen molar-refractivity contribution in [3.8, 4) is 0 Å². The summed E-state index contributed by atoms with van der Waals surface area (Å²) in [4.78, 5) is 4.70. The van der Waals surface area contributed by atoms with Gasteiger partial charge in [0.15, 0.2) is 5.76 Å². The monoisotopic (exact) mass is 367 g/mol. The summed E-state index contributed by atoms with van der Waals surface area (Å²) in [6.45, 7) is 9.36. The Labute approximate surface area is 151 Å². The Morgan fingerprint density at radius 2 is 1.69 bits per heavy atom. The molecule has 4 nitrogen and oxygen atoms in total.